The molecule has 0 amide bonds. The van der Waals surface area contributed by atoms with Crippen LogP contribution in [0.2, 0.25) is 0 Å². The van der Waals surface area contributed by atoms with Gasteiger partial charge >= 0.3 is 7.12 Å². The lowest BCUT2D eigenvalue weighted by Gasteiger charge is -2.12. The summed E-state index contributed by atoms with van der Waals surface area (Å²) in [5, 5.41) is 27.8. The Labute approximate surface area is 132 Å². The zero-order valence-electron chi connectivity index (χ0n) is 12.2. The summed E-state index contributed by atoms with van der Waals surface area (Å²) in [5.74, 6) is 0.783. The molecule has 0 spiro atoms. The summed E-state index contributed by atoms with van der Waals surface area (Å²) < 4.78 is 5.73. The van der Waals surface area contributed by atoms with Crippen molar-refractivity contribution < 1.29 is 14.8 Å². The lowest BCUT2D eigenvalue weighted by atomic mass is 9.77. The van der Waals surface area contributed by atoms with Crippen LogP contribution in [0.4, 0.5) is 5.69 Å². The van der Waals surface area contributed by atoms with Crippen LogP contribution >= 0.6 is 0 Å². The summed E-state index contributed by atoms with van der Waals surface area (Å²) in [6.45, 7) is 0.591. The van der Waals surface area contributed by atoms with Gasteiger partial charge in [0.2, 0.25) is 0 Å². The Kier molecular flexibility index (Phi) is 3.18. The van der Waals surface area contributed by atoms with Crippen molar-refractivity contribution in [3.05, 3.63) is 42.1 Å². The Bertz CT molecular complexity index is 914. The van der Waals surface area contributed by atoms with E-state index in [1.54, 1.807) is 12.1 Å². The van der Waals surface area contributed by atoms with Crippen LogP contribution in [0.1, 0.15) is 5.56 Å². The van der Waals surface area contributed by atoms with Gasteiger partial charge in [-0.25, -0.2) is 0 Å². The number of nitrogens with zero attached hydrogens (tertiary/aromatic N) is 2. The maximum absolute atomic E-state index is 9.51. The van der Waals surface area contributed by atoms with Gasteiger partial charge in [0.05, 0.1) is 24.0 Å². The lowest BCUT2D eigenvalue weighted by molar-refractivity contribution is 0.358. The number of nitrogens with two attached hydrogens (primary N) is 1. The van der Waals surface area contributed by atoms with Gasteiger partial charge in [0, 0.05) is 17.4 Å². The fraction of sp³-hybridized carbons (Fsp3) is 0.125. The molecule has 1 aliphatic rings. The standard InChI is InChI=1S/C16H14BN3O3/c18-14-8-19-20-15-6-9(1-2-12(14)15)13-7-11(17(21)22)5-10-3-4-23-16(10)13/h1-2,5-8,21-22H,3-4H2,(H2,18,20). The summed E-state index contributed by atoms with van der Waals surface area (Å²) in [6, 6.07) is 9.19. The number of ether oxygens (including phenoxy) is 1. The van der Waals surface area contributed by atoms with Crippen LogP contribution in [0.15, 0.2) is 36.5 Å². The summed E-state index contributed by atoms with van der Waals surface area (Å²) in [4.78, 5) is 0. The molecule has 0 unspecified atom stereocenters. The maximum Gasteiger partial charge on any atom is 0.488 e. The summed E-state index contributed by atoms with van der Waals surface area (Å²) in [5.41, 5.74) is 10.3. The molecule has 0 saturated heterocycles. The van der Waals surface area contributed by atoms with Crippen molar-refractivity contribution in [2.75, 3.05) is 12.3 Å². The summed E-state index contributed by atoms with van der Waals surface area (Å²) in [6.07, 6.45) is 2.27. The zero-order chi connectivity index (χ0) is 16.0. The predicted molar refractivity (Wildman–Crippen MR) is 88.4 cm³/mol. The van der Waals surface area contributed by atoms with Gasteiger partial charge in [-0.05, 0) is 28.7 Å². The second kappa shape index (κ2) is 5.22. The Hall–Kier alpha value is -2.64. The molecule has 3 aromatic rings. The Morgan fingerprint density at radius 3 is 2.87 bits per heavy atom. The third-order valence-electron chi connectivity index (χ3n) is 4.09. The third-order valence-corrected chi connectivity index (χ3v) is 4.09. The minimum atomic E-state index is -1.52. The van der Waals surface area contributed by atoms with E-state index >= 15 is 0 Å². The number of benzene rings is 2. The van der Waals surface area contributed by atoms with E-state index in [9.17, 15) is 10.0 Å². The van der Waals surface area contributed by atoms with Crippen molar-refractivity contribution >= 4 is 29.2 Å². The zero-order valence-corrected chi connectivity index (χ0v) is 12.2. The normalized spacial score (nSPS) is 13.0. The molecular weight excluding hydrogens is 293 g/mol. The van der Waals surface area contributed by atoms with Crippen molar-refractivity contribution in [3.8, 4) is 16.9 Å². The van der Waals surface area contributed by atoms with Gasteiger partial charge in [-0.3, -0.25) is 0 Å². The lowest BCUT2D eigenvalue weighted by Crippen LogP contribution is -2.30. The number of rotatable bonds is 2. The minimum absolute atomic E-state index is 0.447. The van der Waals surface area contributed by atoms with E-state index in [0.717, 1.165) is 34.2 Å². The Morgan fingerprint density at radius 1 is 1.17 bits per heavy atom. The number of nitrogen functional groups attached to an aromatic ring is 1. The van der Waals surface area contributed by atoms with Crippen molar-refractivity contribution in [1.29, 1.82) is 0 Å². The number of fused-ring (bicyclic) bond motifs is 2. The molecule has 2 heterocycles. The van der Waals surface area contributed by atoms with Gasteiger partial charge in [-0.1, -0.05) is 18.2 Å². The second-order valence-electron chi connectivity index (χ2n) is 5.56. The second-order valence-corrected chi connectivity index (χ2v) is 5.56. The molecule has 0 fully saturated rings. The highest BCUT2D eigenvalue weighted by Gasteiger charge is 2.23. The van der Waals surface area contributed by atoms with Crippen molar-refractivity contribution in [2.45, 2.75) is 6.42 Å². The third kappa shape index (κ3) is 2.30. The highest BCUT2D eigenvalue weighted by molar-refractivity contribution is 6.58. The number of anilines is 1. The molecule has 0 radical (unpaired) electrons. The Morgan fingerprint density at radius 2 is 2.04 bits per heavy atom. The van der Waals surface area contributed by atoms with E-state index in [4.69, 9.17) is 10.5 Å². The van der Waals surface area contributed by atoms with Crippen LogP contribution < -0.4 is 15.9 Å². The highest BCUT2D eigenvalue weighted by Crippen LogP contribution is 2.37. The van der Waals surface area contributed by atoms with Crippen LogP contribution in [-0.2, 0) is 6.42 Å². The molecule has 1 aromatic heterocycles. The molecule has 6 nitrogen and oxygen atoms in total. The fourth-order valence-electron chi connectivity index (χ4n) is 2.95. The first-order valence-electron chi connectivity index (χ1n) is 7.30. The Balaban J connectivity index is 1.93. The monoisotopic (exact) mass is 307 g/mol. The quantitative estimate of drug-likeness (QED) is 0.596. The molecule has 0 atom stereocenters. The van der Waals surface area contributed by atoms with Crippen molar-refractivity contribution in [3.63, 3.8) is 0 Å². The molecule has 4 N–H and O–H groups in total. The largest absolute Gasteiger partial charge is 0.492 e. The number of hydrogen-bond donors (Lipinski definition) is 3. The predicted octanol–water partition coefficient (Wildman–Crippen LogP) is 0.494. The van der Waals surface area contributed by atoms with Gasteiger partial charge in [-0.2, -0.15) is 10.2 Å². The van der Waals surface area contributed by atoms with E-state index < -0.39 is 7.12 Å². The highest BCUT2D eigenvalue weighted by atomic mass is 16.5. The van der Waals surface area contributed by atoms with Crippen LogP contribution in [0, 0.1) is 0 Å². The molecule has 0 aliphatic carbocycles. The number of hydrogen-bond acceptors (Lipinski definition) is 6. The maximum atomic E-state index is 9.51. The topological polar surface area (TPSA) is 101 Å². The molecule has 4 rings (SSSR count). The van der Waals surface area contributed by atoms with E-state index in [1.807, 2.05) is 18.2 Å². The average molecular weight is 307 g/mol. The smallest absolute Gasteiger partial charge is 0.488 e. The molecule has 0 bridgehead atoms. The van der Waals surface area contributed by atoms with Crippen LogP contribution in [0.3, 0.4) is 0 Å². The molecule has 23 heavy (non-hydrogen) atoms. The number of aromatic nitrogens is 2. The van der Waals surface area contributed by atoms with E-state index in [-0.39, 0.29) is 0 Å². The molecule has 1 aliphatic heterocycles. The molecule has 114 valence electrons. The van der Waals surface area contributed by atoms with E-state index in [1.165, 1.54) is 6.20 Å². The van der Waals surface area contributed by atoms with Gasteiger partial charge in [-0.15, -0.1) is 0 Å². The minimum Gasteiger partial charge on any atom is -0.492 e. The van der Waals surface area contributed by atoms with Gasteiger partial charge < -0.3 is 20.5 Å². The molecular formula is C16H14BN3O3. The molecule has 0 saturated carbocycles. The van der Waals surface area contributed by atoms with E-state index in [2.05, 4.69) is 10.2 Å². The molecule has 7 heteroatoms. The summed E-state index contributed by atoms with van der Waals surface area (Å²) in [7, 11) is -1.52. The average Bonchev–Trinajstić information content (AvgIpc) is 3.02. The fourth-order valence-corrected chi connectivity index (χ4v) is 2.95. The molecule has 2 aromatic carbocycles. The summed E-state index contributed by atoms with van der Waals surface area (Å²) >= 11 is 0. The van der Waals surface area contributed by atoms with Crippen LogP contribution in [-0.4, -0.2) is 34.0 Å². The first kappa shape index (κ1) is 14.0. The van der Waals surface area contributed by atoms with Crippen molar-refractivity contribution in [2.24, 2.45) is 0 Å². The van der Waals surface area contributed by atoms with Gasteiger partial charge in [0.1, 0.15) is 5.75 Å². The first-order valence-corrected chi connectivity index (χ1v) is 7.30. The van der Waals surface area contributed by atoms with Crippen LogP contribution in [0.5, 0.6) is 5.75 Å². The van der Waals surface area contributed by atoms with E-state index in [0.29, 0.717) is 23.3 Å². The van der Waals surface area contributed by atoms with Crippen molar-refractivity contribution in [1.82, 2.24) is 10.2 Å². The van der Waals surface area contributed by atoms with Crippen LogP contribution in [0.25, 0.3) is 22.0 Å². The van der Waals surface area contributed by atoms with Gasteiger partial charge in [0.25, 0.3) is 0 Å². The SMILES string of the molecule is Nc1cnnc2cc(-c3cc(B(O)O)cc4c3OCC4)ccc12. The first-order chi connectivity index (χ1) is 11.1. The van der Waals surface area contributed by atoms with Gasteiger partial charge in [0.15, 0.2) is 0 Å².